The van der Waals surface area contributed by atoms with Gasteiger partial charge in [-0.05, 0) is 38.0 Å². The van der Waals surface area contributed by atoms with Crippen molar-refractivity contribution in [3.8, 4) is 0 Å². The molecule has 0 aliphatic carbocycles. The Labute approximate surface area is 124 Å². The first-order valence-corrected chi connectivity index (χ1v) is 7.49. The molecule has 0 saturated carbocycles. The van der Waals surface area contributed by atoms with E-state index < -0.39 is 11.9 Å². The van der Waals surface area contributed by atoms with Crippen molar-refractivity contribution in [3.63, 3.8) is 0 Å². The van der Waals surface area contributed by atoms with Gasteiger partial charge >= 0.3 is 5.97 Å². The van der Waals surface area contributed by atoms with Crippen molar-refractivity contribution >= 4 is 33.2 Å². The van der Waals surface area contributed by atoms with Crippen molar-refractivity contribution < 1.29 is 9.90 Å². The summed E-state index contributed by atoms with van der Waals surface area (Å²) in [6.07, 6.45) is 0.467. The first-order chi connectivity index (χ1) is 8.97. The SMILES string of the molecule is Cc1nc(C(Cc2ccc(Br)cc2)C(=O)O)sc1C. The molecule has 0 radical (unpaired) electrons. The quantitative estimate of drug-likeness (QED) is 0.917. The number of hydrogen-bond acceptors (Lipinski definition) is 3. The van der Waals surface area contributed by atoms with E-state index in [0.717, 1.165) is 20.6 Å². The van der Waals surface area contributed by atoms with Gasteiger partial charge < -0.3 is 5.11 Å². The number of aryl methyl sites for hydroxylation is 2. The molecule has 19 heavy (non-hydrogen) atoms. The van der Waals surface area contributed by atoms with Crippen molar-refractivity contribution in [3.05, 3.63) is 49.9 Å². The van der Waals surface area contributed by atoms with E-state index in [4.69, 9.17) is 0 Å². The highest BCUT2D eigenvalue weighted by molar-refractivity contribution is 9.10. The molecule has 100 valence electrons. The van der Waals surface area contributed by atoms with E-state index in [-0.39, 0.29) is 0 Å². The van der Waals surface area contributed by atoms with Crippen LogP contribution in [0, 0.1) is 13.8 Å². The average molecular weight is 340 g/mol. The van der Waals surface area contributed by atoms with Gasteiger partial charge in [0.15, 0.2) is 0 Å². The lowest BCUT2D eigenvalue weighted by molar-refractivity contribution is -0.138. The molecule has 2 aromatic rings. The van der Waals surface area contributed by atoms with E-state index in [1.165, 1.54) is 11.3 Å². The third-order valence-corrected chi connectivity index (χ3v) is 4.71. The molecule has 1 aromatic carbocycles. The third-order valence-electron chi connectivity index (χ3n) is 2.99. The number of hydrogen-bond donors (Lipinski definition) is 1. The first-order valence-electron chi connectivity index (χ1n) is 5.88. The molecule has 0 spiro atoms. The summed E-state index contributed by atoms with van der Waals surface area (Å²) in [5, 5.41) is 10.1. The fraction of sp³-hybridized carbons (Fsp3) is 0.286. The lowest BCUT2D eigenvalue weighted by Gasteiger charge is -2.09. The highest BCUT2D eigenvalue weighted by Crippen LogP contribution is 2.28. The molecule has 2 rings (SSSR count). The van der Waals surface area contributed by atoms with Gasteiger partial charge in [-0.25, -0.2) is 4.98 Å². The van der Waals surface area contributed by atoms with Crippen molar-refractivity contribution in [2.45, 2.75) is 26.2 Å². The third kappa shape index (κ3) is 3.42. The van der Waals surface area contributed by atoms with Crippen LogP contribution < -0.4 is 0 Å². The predicted molar refractivity (Wildman–Crippen MR) is 79.8 cm³/mol. The van der Waals surface area contributed by atoms with Crippen LogP contribution in [0.1, 0.15) is 27.1 Å². The maximum atomic E-state index is 11.4. The van der Waals surface area contributed by atoms with E-state index >= 15 is 0 Å². The molecule has 1 N–H and O–H groups in total. The van der Waals surface area contributed by atoms with Gasteiger partial charge in [-0.3, -0.25) is 4.79 Å². The Balaban J connectivity index is 2.26. The zero-order valence-electron chi connectivity index (χ0n) is 10.7. The number of benzene rings is 1. The summed E-state index contributed by atoms with van der Waals surface area (Å²) < 4.78 is 0.990. The van der Waals surface area contributed by atoms with E-state index in [0.29, 0.717) is 11.4 Å². The van der Waals surface area contributed by atoms with Gasteiger partial charge in [0.1, 0.15) is 10.9 Å². The summed E-state index contributed by atoms with van der Waals surface area (Å²) in [6.45, 7) is 3.88. The lowest BCUT2D eigenvalue weighted by Crippen LogP contribution is -2.14. The highest BCUT2D eigenvalue weighted by atomic mass is 79.9. The molecule has 0 fully saturated rings. The normalized spacial score (nSPS) is 12.4. The second kappa shape index (κ2) is 5.84. The van der Waals surface area contributed by atoms with Gasteiger partial charge in [0.05, 0.1) is 5.69 Å². The second-order valence-corrected chi connectivity index (χ2v) is 6.57. The maximum absolute atomic E-state index is 11.4. The Kier molecular flexibility index (Phi) is 4.37. The van der Waals surface area contributed by atoms with Crippen LogP contribution in [0.5, 0.6) is 0 Å². The summed E-state index contributed by atoms with van der Waals surface area (Å²) in [5.41, 5.74) is 1.92. The number of nitrogens with zero attached hydrogens (tertiary/aromatic N) is 1. The van der Waals surface area contributed by atoms with Gasteiger partial charge in [-0.15, -0.1) is 11.3 Å². The first kappa shape index (κ1) is 14.2. The number of halogens is 1. The zero-order chi connectivity index (χ0) is 14.0. The number of carboxylic acids is 1. The minimum absolute atomic E-state index is 0.467. The number of carbonyl (C=O) groups is 1. The molecule has 0 aliphatic rings. The molecule has 1 heterocycles. The largest absolute Gasteiger partial charge is 0.481 e. The molecule has 0 amide bonds. The van der Waals surface area contributed by atoms with E-state index in [2.05, 4.69) is 20.9 Å². The van der Waals surface area contributed by atoms with Crippen LogP contribution in [0.4, 0.5) is 0 Å². The molecule has 0 saturated heterocycles. The Morgan fingerprint density at radius 2 is 2.00 bits per heavy atom. The monoisotopic (exact) mass is 339 g/mol. The zero-order valence-corrected chi connectivity index (χ0v) is 13.1. The van der Waals surface area contributed by atoms with Crippen LogP contribution in [-0.4, -0.2) is 16.1 Å². The minimum atomic E-state index is -0.823. The summed E-state index contributed by atoms with van der Waals surface area (Å²) in [4.78, 5) is 16.9. The standard InChI is InChI=1S/C14H14BrNO2S/c1-8-9(2)19-13(16-8)12(14(17)18)7-10-3-5-11(15)6-4-10/h3-6,12H,7H2,1-2H3,(H,17,18). The topological polar surface area (TPSA) is 50.2 Å². The predicted octanol–water partition coefficient (Wildman–Crippen LogP) is 3.93. The Bertz CT molecular complexity index is 572. The molecular formula is C14H14BrNO2S. The van der Waals surface area contributed by atoms with Gasteiger partial charge in [0, 0.05) is 9.35 Å². The fourth-order valence-corrected chi connectivity index (χ4v) is 3.06. The second-order valence-electron chi connectivity index (χ2n) is 4.42. The Morgan fingerprint density at radius 3 is 2.47 bits per heavy atom. The van der Waals surface area contributed by atoms with Gasteiger partial charge in [0.2, 0.25) is 0 Å². The Morgan fingerprint density at radius 1 is 1.37 bits per heavy atom. The lowest BCUT2D eigenvalue weighted by atomic mass is 10.0. The number of aromatic nitrogens is 1. The molecule has 0 bridgehead atoms. The summed E-state index contributed by atoms with van der Waals surface area (Å²) in [7, 11) is 0. The average Bonchev–Trinajstić information content (AvgIpc) is 2.68. The van der Waals surface area contributed by atoms with Crippen LogP contribution in [0.2, 0.25) is 0 Å². The van der Waals surface area contributed by atoms with Crippen molar-refractivity contribution in [1.29, 1.82) is 0 Å². The van der Waals surface area contributed by atoms with Crippen LogP contribution in [-0.2, 0) is 11.2 Å². The smallest absolute Gasteiger partial charge is 0.313 e. The van der Waals surface area contributed by atoms with E-state index in [1.54, 1.807) is 0 Å². The summed E-state index contributed by atoms with van der Waals surface area (Å²) in [5.74, 6) is -1.39. The fourth-order valence-electron chi connectivity index (χ4n) is 1.78. The van der Waals surface area contributed by atoms with Crippen molar-refractivity contribution in [2.24, 2.45) is 0 Å². The van der Waals surface area contributed by atoms with Gasteiger partial charge in [-0.1, -0.05) is 28.1 Å². The number of rotatable bonds is 4. The molecule has 1 atom stereocenters. The van der Waals surface area contributed by atoms with Crippen LogP contribution >= 0.6 is 27.3 Å². The minimum Gasteiger partial charge on any atom is -0.481 e. The number of thiazole rings is 1. The van der Waals surface area contributed by atoms with Crippen molar-refractivity contribution in [1.82, 2.24) is 4.98 Å². The highest BCUT2D eigenvalue weighted by Gasteiger charge is 2.24. The molecule has 3 nitrogen and oxygen atoms in total. The molecular weight excluding hydrogens is 326 g/mol. The Hall–Kier alpha value is -1.20. The molecule has 1 aromatic heterocycles. The molecule has 5 heteroatoms. The number of carboxylic acid groups (broad SMARTS) is 1. The summed E-state index contributed by atoms with van der Waals surface area (Å²) in [6, 6.07) is 7.72. The van der Waals surface area contributed by atoms with Gasteiger partial charge in [-0.2, -0.15) is 0 Å². The summed E-state index contributed by atoms with van der Waals surface area (Å²) >= 11 is 4.84. The van der Waals surface area contributed by atoms with Crippen LogP contribution in [0.3, 0.4) is 0 Å². The van der Waals surface area contributed by atoms with E-state index in [9.17, 15) is 9.90 Å². The van der Waals surface area contributed by atoms with Crippen molar-refractivity contribution in [2.75, 3.05) is 0 Å². The van der Waals surface area contributed by atoms with Crippen LogP contribution in [0.15, 0.2) is 28.7 Å². The van der Waals surface area contributed by atoms with Crippen LogP contribution in [0.25, 0.3) is 0 Å². The molecule has 1 unspecified atom stereocenters. The van der Waals surface area contributed by atoms with Gasteiger partial charge in [0.25, 0.3) is 0 Å². The number of aliphatic carboxylic acids is 1. The maximum Gasteiger partial charge on any atom is 0.313 e. The van der Waals surface area contributed by atoms with E-state index in [1.807, 2.05) is 38.1 Å². The molecule has 0 aliphatic heterocycles.